The Morgan fingerprint density at radius 1 is 1.30 bits per heavy atom. The lowest BCUT2D eigenvalue weighted by Crippen LogP contribution is -2.29. The van der Waals surface area contributed by atoms with Crippen LogP contribution < -0.4 is 19.9 Å². The van der Waals surface area contributed by atoms with Crippen molar-refractivity contribution in [3.63, 3.8) is 0 Å². The molecule has 0 aliphatic heterocycles. The fourth-order valence-corrected chi connectivity index (χ4v) is 3.16. The molecule has 0 bridgehead atoms. The van der Waals surface area contributed by atoms with Crippen LogP contribution in [0.3, 0.4) is 0 Å². The fourth-order valence-electron chi connectivity index (χ4n) is 1.49. The predicted octanol–water partition coefficient (Wildman–Crippen LogP) is 1.32. The molecule has 0 aliphatic rings. The van der Waals surface area contributed by atoms with Crippen LogP contribution in [-0.4, -0.2) is 40.7 Å². The Balaban J connectivity index is 3.14. The molecule has 0 spiro atoms. The highest BCUT2D eigenvalue weighted by atomic mass is 32.2. The van der Waals surface area contributed by atoms with Crippen LogP contribution in [0.1, 0.15) is 6.92 Å². The van der Waals surface area contributed by atoms with Gasteiger partial charge in [0.15, 0.2) is 0 Å². The molecular formula is C12H20N2O4S2. The van der Waals surface area contributed by atoms with Gasteiger partial charge >= 0.3 is 0 Å². The number of hydrogen-bond acceptors (Lipinski definition) is 6. The second-order valence-corrected chi connectivity index (χ2v) is 7.15. The zero-order valence-corrected chi connectivity index (χ0v) is 13.6. The lowest BCUT2D eigenvalue weighted by molar-refractivity contribution is 0.387. The van der Waals surface area contributed by atoms with Crippen molar-refractivity contribution in [2.75, 3.05) is 32.8 Å². The summed E-state index contributed by atoms with van der Waals surface area (Å²) in [4.78, 5) is 0.00611. The van der Waals surface area contributed by atoms with Crippen LogP contribution in [0.2, 0.25) is 0 Å². The van der Waals surface area contributed by atoms with Gasteiger partial charge in [0.1, 0.15) is 16.4 Å². The van der Waals surface area contributed by atoms with E-state index in [4.69, 9.17) is 15.2 Å². The van der Waals surface area contributed by atoms with E-state index in [1.807, 2.05) is 13.2 Å². The first-order valence-corrected chi connectivity index (χ1v) is 8.66. The fraction of sp³-hybridized carbons (Fsp3) is 0.500. The van der Waals surface area contributed by atoms with Crippen molar-refractivity contribution >= 4 is 27.5 Å². The SMILES string of the molecule is COc1cc(OC)c(S(=O)(=O)NCC(C)SC)cc1N. The predicted molar refractivity (Wildman–Crippen MR) is 82.1 cm³/mol. The molecule has 20 heavy (non-hydrogen) atoms. The summed E-state index contributed by atoms with van der Waals surface area (Å²) in [7, 11) is -0.826. The Kier molecular flexibility index (Phi) is 5.97. The average molecular weight is 320 g/mol. The van der Waals surface area contributed by atoms with E-state index in [2.05, 4.69) is 4.72 Å². The third kappa shape index (κ3) is 3.94. The first kappa shape index (κ1) is 16.9. The highest BCUT2D eigenvalue weighted by Crippen LogP contribution is 2.33. The first-order chi connectivity index (χ1) is 9.35. The number of sulfonamides is 1. The number of benzene rings is 1. The van der Waals surface area contributed by atoms with Crippen molar-refractivity contribution in [2.45, 2.75) is 17.1 Å². The molecule has 0 amide bonds. The van der Waals surface area contributed by atoms with Gasteiger partial charge in [0.05, 0.1) is 19.9 Å². The first-order valence-electron chi connectivity index (χ1n) is 5.89. The van der Waals surface area contributed by atoms with Crippen molar-refractivity contribution in [3.8, 4) is 11.5 Å². The molecular weight excluding hydrogens is 300 g/mol. The molecule has 0 radical (unpaired) electrons. The maximum absolute atomic E-state index is 12.3. The number of nitrogens with two attached hydrogens (primary N) is 1. The van der Waals surface area contributed by atoms with Gasteiger partial charge < -0.3 is 15.2 Å². The topological polar surface area (TPSA) is 90.6 Å². The van der Waals surface area contributed by atoms with Crippen LogP contribution in [0.4, 0.5) is 5.69 Å². The summed E-state index contributed by atoms with van der Waals surface area (Å²) < 4.78 is 37.3. The van der Waals surface area contributed by atoms with Crippen LogP contribution in [0.25, 0.3) is 0 Å². The normalized spacial score (nSPS) is 13.0. The van der Waals surface area contributed by atoms with E-state index < -0.39 is 10.0 Å². The van der Waals surface area contributed by atoms with Gasteiger partial charge in [-0.15, -0.1) is 0 Å². The van der Waals surface area contributed by atoms with Crippen LogP contribution in [0.5, 0.6) is 11.5 Å². The number of thioether (sulfide) groups is 1. The largest absolute Gasteiger partial charge is 0.495 e. The molecule has 0 aliphatic carbocycles. The van der Waals surface area contributed by atoms with E-state index in [1.165, 1.54) is 26.4 Å². The standard InChI is InChI=1S/C12H20N2O4S2/c1-8(19-4)7-14-20(15,16)12-5-9(13)10(17-2)6-11(12)18-3/h5-6,8,14H,7,13H2,1-4H3. The number of methoxy groups -OCH3 is 2. The molecule has 1 aromatic carbocycles. The lowest BCUT2D eigenvalue weighted by Gasteiger charge is -2.15. The van der Waals surface area contributed by atoms with Crippen molar-refractivity contribution in [2.24, 2.45) is 0 Å². The van der Waals surface area contributed by atoms with Crippen molar-refractivity contribution in [3.05, 3.63) is 12.1 Å². The summed E-state index contributed by atoms with van der Waals surface area (Å²) in [6.45, 7) is 2.27. The average Bonchev–Trinajstić information content (AvgIpc) is 2.44. The molecule has 114 valence electrons. The zero-order chi connectivity index (χ0) is 15.3. The van der Waals surface area contributed by atoms with Crippen LogP contribution in [0, 0.1) is 0 Å². The molecule has 1 atom stereocenters. The molecule has 3 N–H and O–H groups in total. The molecule has 8 heteroatoms. The van der Waals surface area contributed by atoms with E-state index in [0.29, 0.717) is 12.3 Å². The van der Waals surface area contributed by atoms with Gasteiger partial charge in [-0.1, -0.05) is 6.92 Å². The molecule has 6 nitrogen and oxygen atoms in total. The van der Waals surface area contributed by atoms with Gasteiger partial charge in [-0.2, -0.15) is 11.8 Å². The summed E-state index contributed by atoms with van der Waals surface area (Å²) in [6.07, 6.45) is 1.92. The minimum absolute atomic E-state index is 0.00611. The van der Waals surface area contributed by atoms with Crippen molar-refractivity contribution in [1.29, 1.82) is 0 Å². The molecule has 0 saturated heterocycles. The zero-order valence-electron chi connectivity index (χ0n) is 12.0. The van der Waals surface area contributed by atoms with Crippen molar-refractivity contribution in [1.82, 2.24) is 4.72 Å². The molecule has 0 fully saturated rings. The number of nitrogen functional groups attached to an aromatic ring is 1. The van der Waals surface area contributed by atoms with Gasteiger partial charge in [-0.05, 0) is 12.3 Å². The van der Waals surface area contributed by atoms with E-state index in [1.54, 1.807) is 11.8 Å². The van der Waals surface area contributed by atoms with Crippen LogP contribution in [0.15, 0.2) is 17.0 Å². The summed E-state index contributed by atoms with van der Waals surface area (Å²) in [5.41, 5.74) is 6.00. The summed E-state index contributed by atoms with van der Waals surface area (Å²) >= 11 is 1.58. The Morgan fingerprint density at radius 2 is 1.90 bits per heavy atom. The Morgan fingerprint density at radius 3 is 2.40 bits per heavy atom. The number of hydrogen-bond donors (Lipinski definition) is 2. The second kappa shape index (κ2) is 7.05. The smallest absolute Gasteiger partial charge is 0.244 e. The molecule has 1 rings (SSSR count). The Bertz CT molecular complexity index is 561. The van der Waals surface area contributed by atoms with Gasteiger partial charge in [0.25, 0.3) is 0 Å². The summed E-state index contributed by atoms with van der Waals surface area (Å²) in [5.74, 6) is 0.568. The maximum atomic E-state index is 12.3. The monoisotopic (exact) mass is 320 g/mol. The summed E-state index contributed by atoms with van der Waals surface area (Å²) in [6, 6.07) is 2.80. The van der Waals surface area contributed by atoms with Gasteiger partial charge in [0, 0.05) is 17.9 Å². The molecule has 0 heterocycles. The third-order valence-electron chi connectivity index (χ3n) is 2.77. The number of anilines is 1. The van der Waals surface area contributed by atoms with Gasteiger partial charge in [-0.3, -0.25) is 0 Å². The maximum Gasteiger partial charge on any atom is 0.244 e. The minimum Gasteiger partial charge on any atom is -0.495 e. The highest BCUT2D eigenvalue weighted by molar-refractivity contribution is 7.99. The van der Waals surface area contributed by atoms with E-state index in [0.717, 1.165) is 0 Å². The van der Waals surface area contributed by atoms with E-state index in [9.17, 15) is 8.42 Å². The number of rotatable bonds is 7. The highest BCUT2D eigenvalue weighted by Gasteiger charge is 2.22. The van der Waals surface area contributed by atoms with Gasteiger partial charge in [-0.25, -0.2) is 13.1 Å². The molecule has 0 saturated carbocycles. The third-order valence-corrected chi connectivity index (χ3v) is 5.18. The lowest BCUT2D eigenvalue weighted by atomic mass is 10.3. The molecule has 0 aromatic heterocycles. The Labute approximate surface area is 124 Å². The van der Waals surface area contributed by atoms with Crippen LogP contribution in [-0.2, 0) is 10.0 Å². The van der Waals surface area contributed by atoms with E-state index >= 15 is 0 Å². The molecule has 1 aromatic rings. The second-order valence-electron chi connectivity index (χ2n) is 4.14. The van der Waals surface area contributed by atoms with E-state index in [-0.39, 0.29) is 21.6 Å². The van der Waals surface area contributed by atoms with Crippen LogP contribution >= 0.6 is 11.8 Å². The van der Waals surface area contributed by atoms with Gasteiger partial charge in [0.2, 0.25) is 10.0 Å². The number of ether oxygens (including phenoxy) is 2. The summed E-state index contributed by atoms with van der Waals surface area (Å²) in [5, 5.41) is 0.173. The quantitative estimate of drug-likeness (QED) is 0.736. The molecule has 1 unspecified atom stereocenters. The number of nitrogens with one attached hydrogen (secondary N) is 1. The minimum atomic E-state index is -3.68. The Hall–Kier alpha value is -1.12. The van der Waals surface area contributed by atoms with Crippen molar-refractivity contribution < 1.29 is 17.9 Å².